The zero-order valence-electron chi connectivity index (χ0n) is 21.6. The smallest absolute Gasteiger partial charge is 0.409 e. The average molecular weight is 533 g/mol. The molecule has 1 aromatic carbocycles. The van der Waals surface area contributed by atoms with Crippen LogP contribution in [0.4, 0.5) is 9.18 Å². The Morgan fingerprint density at radius 3 is 2.57 bits per heavy atom. The molecule has 37 heavy (non-hydrogen) atoms. The van der Waals surface area contributed by atoms with E-state index in [0.717, 1.165) is 54.4 Å². The Labute approximate surface area is 221 Å². The van der Waals surface area contributed by atoms with Crippen LogP contribution in [0.15, 0.2) is 24.4 Å². The number of carbonyl (C=O) groups is 1. The normalized spacial score (nSPS) is 23.5. The maximum Gasteiger partial charge on any atom is 0.409 e. The minimum atomic E-state index is -1.30. The van der Waals surface area contributed by atoms with Crippen molar-refractivity contribution >= 4 is 17.4 Å². The number of amides is 1. The van der Waals surface area contributed by atoms with Gasteiger partial charge in [0.25, 0.3) is 0 Å². The molecule has 202 valence electrons. The molecule has 8 nitrogen and oxygen atoms in total. The van der Waals surface area contributed by atoms with E-state index >= 15 is 4.39 Å². The number of nitrogens with one attached hydrogen (secondary N) is 2. The van der Waals surface area contributed by atoms with Gasteiger partial charge < -0.3 is 29.7 Å². The molecule has 0 spiro atoms. The number of halogens is 1. The van der Waals surface area contributed by atoms with Crippen LogP contribution in [0.5, 0.6) is 11.5 Å². The zero-order chi connectivity index (χ0) is 25.8. The van der Waals surface area contributed by atoms with Crippen molar-refractivity contribution in [2.45, 2.75) is 49.7 Å². The van der Waals surface area contributed by atoms with Gasteiger partial charge >= 0.3 is 6.09 Å². The summed E-state index contributed by atoms with van der Waals surface area (Å²) < 4.78 is 31.8. The number of carbonyl (C=O) groups excluding carboxylic acids is 1. The van der Waals surface area contributed by atoms with Gasteiger partial charge in [-0.3, -0.25) is 0 Å². The lowest BCUT2D eigenvalue weighted by atomic mass is 9.93. The van der Waals surface area contributed by atoms with Crippen LogP contribution >= 0.6 is 11.3 Å². The molecular weight excluding hydrogens is 495 g/mol. The predicted molar refractivity (Wildman–Crippen MR) is 141 cm³/mol. The van der Waals surface area contributed by atoms with Crippen LogP contribution < -0.4 is 20.1 Å². The van der Waals surface area contributed by atoms with Crippen molar-refractivity contribution in [3.63, 3.8) is 0 Å². The minimum Gasteiger partial charge on any atom is -0.497 e. The van der Waals surface area contributed by atoms with E-state index in [-0.39, 0.29) is 12.1 Å². The first-order valence-corrected chi connectivity index (χ1v) is 14.0. The van der Waals surface area contributed by atoms with Crippen LogP contribution in [0.25, 0.3) is 10.6 Å². The molecule has 3 aliphatic rings. The van der Waals surface area contributed by atoms with E-state index in [1.807, 2.05) is 24.4 Å². The van der Waals surface area contributed by atoms with Crippen molar-refractivity contribution in [3.05, 3.63) is 29.3 Å². The molecule has 1 aromatic heterocycles. The highest BCUT2D eigenvalue weighted by Gasteiger charge is 2.43. The van der Waals surface area contributed by atoms with Crippen molar-refractivity contribution in [1.82, 2.24) is 20.5 Å². The number of hydrogen-bond donors (Lipinski definition) is 2. The van der Waals surface area contributed by atoms with E-state index in [9.17, 15) is 4.79 Å². The Morgan fingerprint density at radius 2 is 1.89 bits per heavy atom. The number of nitrogens with zero attached hydrogens (tertiary/aromatic N) is 2. The molecule has 2 saturated heterocycles. The highest BCUT2D eigenvalue weighted by Crippen LogP contribution is 2.45. The Hall–Kier alpha value is -2.43. The maximum atomic E-state index is 15.5. The molecular formula is C27H37FN4O4S. The Bertz CT molecular complexity index is 1050. The van der Waals surface area contributed by atoms with Crippen LogP contribution in [0, 0.1) is 5.92 Å². The van der Waals surface area contributed by atoms with E-state index in [1.165, 1.54) is 4.88 Å². The summed E-state index contributed by atoms with van der Waals surface area (Å²) in [5.41, 5.74) is -0.337. The quantitative estimate of drug-likeness (QED) is 0.500. The fraction of sp³-hybridized carbons (Fsp3) is 0.630. The van der Waals surface area contributed by atoms with E-state index < -0.39 is 5.67 Å². The number of aromatic nitrogens is 1. The molecule has 1 saturated carbocycles. The third kappa shape index (κ3) is 6.53. The number of alkyl halides is 1. The summed E-state index contributed by atoms with van der Waals surface area (Å²) in [5, 5.41) is 7.67. The summed E-state index contributed by atoms with van der Waals surface area (Å²) in [7, 11) is 3.27. The standard InChI is InChI=1S/C27H37FN4O4S/c1-34-20-11-19(12-21(13-20)35-2)25-30-15-24(37-25)22-14-23(22)31-17-27(28)5-9-32(10-6-27)26(33)36-16-18-3-7-29-8-4-18/h11-13,15,18,22-23,29,31H,3-10,14,16-17H2,1-2H3. The third-order valence-corrected chi connectivity index (χ3v) is 8.96. The van der Waals surface area contributed by atoms with Crippen molar-refractivity contribution in [2.75, 3.05) is 53.6 Å². The molecule has 3 heterocycles. The summed E-state index contributed by atoms with van der Waals surface area (Å²) in [4.78, 5) is 19.9. The van der Waals surface area contributed by atoms with Gasteiger partial charge in [-0.15, -0.1) is 11.3 Å². The Balaban J connectivity index is 1.06. The van der Waals surface area contributed by atoms with Gasteiger partial charge in [-0.2, -0.15) is 0 Å². The van der Waals surface area contributed by atoms with E-state index in [4.69, 9.17) is 14.2 Å². The summed E-state index contributed by atoms with van der Waals surface area (Å²) in [6.07, 6.45) is 5.35. The number of hydrogen-bond acceptors (Lipinski definition) is 8. The molecule has 5 rings (SSSR count). The maximum absolute atomic E-state index is 15.5. The van der Waals surface area contributed by atoms with Crippen LogP contribution in [0.2, 0.25) is 0 Å². The van der Waals surface area contributed by atoms with Gasteiger partial charge in [0.1, 0.15) is 22.2 Å². The van der Waals surface area contributed by atoms with Gasteiger partial charge in [0.15, 0.2) is 0 Å². The zero-order valence-corrected chi connectivity index (χ0v) is 22.4. The fourth-order valence-electron chi connectivity index (χ4n) is 5.17. The Kier molecular flexibility index (Phi) is 8.16. The molecule has 1 amide bonds. The van der Waals surface area contributed by atoms with E-state index in [1.54, 1.807) is 30.5 Å². The number of methoxy groups -OCH3 is 2. The molecule has 10 heteroatoms. The highest BCUT2D eigenvalue weighted by atomic mass is 32.1. The van der Waals surface area contributed by atoms with Crippen molar-refractivity contribution in [2.24, 2.45) is 5.92 Å². The summed E-state index contributed by atoms with van der Waals surface area (Å²) in [5.74, 6) is 2.24. The number of thiazole rings is 1. The number of rotatable bonds is 9. The van der Waals surface area contributed by atoms with Crippen LogP contribution in [-0.2, 0) is 4.74 Å². The van der Waals surface area contributed by atoms with Crippen molar-refractivity contribution in [1.29, 1.82) is 0 Å². The molecule has 0 bridgehead atoms. The summed E-state index contributed by atoms with van der Waals surface area (Å²) in [6.45, 7) is 3.54. The van der Waals surface area contributed by atoms with Crippen LogP contribution in [0.1, 0.15) is 42.9 Å². The van der Waals surface area contributed by atoms with Gasteiger partial charge in [-0.05, 0) is 50.4 Å². The lowest BCUT2D eigenvalue weighted by Gasteiger charge is -2.36. The van der Waals surface area contributed by atoms with E-state index in [0.29, 0.717) is 50.9 Å². The lowest BCUT2D eigenvalue weighted by molar-refractivity contribution is 0.0362. The first-order chi connectivity index (χ1) is 18.0. The van der Waals surface area contributed by atoms with E-state index in [2.05, 4.69) is 15.6 Å². The van der Waals surface area contributed by atoms with Gasteiger partial charge in [0.2, 0.25) is 0 Å². The van der Waals surface area contributed by atoms with Crippen molar-refractivity contribution < 1.29 is 23.4 Å². The number of piperidine rings is 2. The van der Waals surface area contributed by atoms with Crippen LogP contribution in [-0.4, -0.2) is 81.2 Å². The molecule has 2 aliphatic heterocycles. The van der Waals surface area contributed by atoms with Gasteiger partial charge in [-0.1, -0.05) is 0 Å². The molecule has 3 fully saturated rings. The second-order valence-corrected chi connectivity index (χ2v) is 11.5. The number of benzene rings is 1. The monoisotopic (exact) mass is 532 g/mol. The first kappa shape index (κ1) is 26.2. The average Bonchev–Trinajstić information content (AvgIpc) is 3.55. The lowest BCUT2D eigenvalue weighted by Crippen LogP contribution is -2.49. The topological polar surface area (TPSA) is 85.0 Å². The molecule has 2 unspecified atom stereocenters. The Morgan fingerprint density at radius 1 is 1.19 bits per heavy atom. The summed E-state index contributed by atoms with van der Waals surface area (Å²) >= 11 is 1.66. The molecule has 2 atom stereocenters. The van der Waals surface area contributed by atoms with Crippen LogP contribution in [0.3, 0.4) is 0 Å². The predicted octanol–water partition coefficient (Wildman–Crippen LogP) is 4.21. The molecule has 2 aromatic rings. The largest absolute Gasteiger partial charge is 0.497 e. The molecule has 1 aliphatic carbocycles. The number of likely N-dealkylation sites (tertiary alicyclic amines) is 1. The van der Waals surface area contributed by atoms with Gasteiger partial charge in [0, 0.05) is 67.1 Å². The molecule has 2 N–H and O–H groups in total. The highest BCUT2D eigenvalue weighted by molar-refractivity contribution is 7.15. The van der Waals surface area contributed by atoms with Gasteiger partial charge in [0.05, 0.1) is 20.8 Å². The third-order valence-electron chi connectivity index (χ3n) is 7.78. The van der Waals surface area contributed by atoms with Crippen molar-refractivity contribution in [3.8, 4) is 22.1 Å². The molecule has 0 radical (unpaired) electrons. The fourth-order valence-corrected chi connectivity index (χ4v) is 6.25. The summed E-state index contributed by atoms with van der Waals surface area (Å²) in [6, 6.07) is 6.01. The number of ether oxygens (including phenoxy) is 3. The first-order valence-electron chi connectivity index (χ1n) is 13.2. The SMILES string of the molecule is COc1cc(OC)cc(-c2ncc(C3CC3NCC3(F)CCN(C(=O)OCC4CCNCC4)CC3)s2)c1. The minimum absolute atomic E-state index is 0.258. The second-order valence-electron chi connectivity index (χ2n) is 10.4. The second kappa shape index (κ2) is 11.5. The van der Waals surface area contributed by atoms with Gasteiger partial charge in [-0.25, -0.2) is 14.2 Å².